The smallest absolute Gasteiger partial charge is 0.251 e. The second-order valence-electron chi connectivity index (χ2n) is 5.46. The standard InChI is InChI=1S/C15H22N2O3/c1-11-5-4-6-12(9-11)14(20)16-10-13(19)17-15(2,3)7-8-18/h4-6,9,18H,7-8,10H2,1-3H3,(H,16,20)(H,17,19). The highest BCUT2D eigenvalue weighted by molar-refractivity contribution is 5.96. The van der Waals surface area contributed by atoms with Crippen molar-refractivity contribution in [1.82, 2.24) is 10.6 Å². The number of hydrogen-bond acceptors (Lipinski definition) is 3. The molecule has 0 unspecified atom stereocenters. The van der Waals surface area contributed by atoms with Gasteiger partial charge >= 0.3 is 0 Å². The Hall–Kier alpha value is -1.88. The Morgan fingerprint density at radius 1 is 1.30 bits per heavy atom. The number of benzene rings is 1. The highest BCUT2D eigenvalue weighted by Crippen LogP contribution is 2.06. The monoisotopic (exact) mass is 278 g/mol. The number of aliphatic hydroxyl groups is 1. The summed E-state index contributed by atoms with van der Waals surface area (Å²) in [6.07, 6.45) is 0.463. The van der Waals surface area contributed by atoms with Gasteiger partial charge in [0.05, 0.1) is 6.54 Å². The van der Waals surface area contributed by atoms with Crippen molar-refractivity contribution in [1.29, 1.82) is 0 Å². The average molecular weight is 278 g/mol. The Morgan fingerprint density at radius 3 is 2.60 bits per heavy atom. The summed E-state index contributed by atoms with van der Waals surface area (Å²) in [6, 6.07) is 7.18. The SMILES string of the molecule is Cc1cccc(C(=O)NCC(=O)NC(C)(C)CCO)c1. The minimum absolute atomic E-state index is 0.00291. The van der Waals surface area contributed by atoms with Gasteiger partial charge in [-0.05, 0) is 39.3 Å². The Bertz CT molecular complexity index is 484. The molecule has 2 amide bonds. The number of nitrogens with one attached hydrogen (secondary N) is 2. The van der Waals surface area contributed by atoms with E-state index >= 15 is 0 Å². The minimum Gasteiger partial charge on any atom is -0.396 e. The summed E-state index contributed by atoms with van der Waals surface area (Å²) in [6.45, 7) is 5.47. The Morgan fingerprint density at radius 2 is 2.00 bits per heavy atom. The summed E-state index contributed by atoms with van der Waals surface area (Å²) in [4.78, 5) is 23.6. The van der Waals surface area contributed by atoms with Crippen LogP contribution in [0.3, 0.4) is 0 Å². The number of aliphatic hydroxyl groups excluding tert-OH is 1. The van der Waals surface area contributed by atoms with Gasteiger partial charge in [-0.3, -0.25) is 9.59 Å². The summed E-state index contributed by atoms with van der Waals surface area (Å²) >= 11 is 0. The van der Waals surface area contributed by atoms with Gasteiger partial charge in [0.1, 0.15) is 0 Å². The number of carbonyl (C=O) groups excluding carboxylic acids is 2. The second-order valence-corrected chi connectivity index (χ2v) is 5.46. The molecule has 0 aromatic heterocycles. The van der Waals surface area contributed by atoms with E-state index in [0.717, 1.165) is 5.56 Å². The van der Waals surface area contributed by atoms with Crippen LogP contribution in [0, 0.1) is 6.92 Å². The summed E-state index contributed by atoms with van der Waals surface area (Å²) in [5, 5.41) is 14.2. The summed E-state index contributed by atoms with van der Waals surface area (Å²) in [5.74, 6) is -0.548. The molecule has 1 aromatic carbocycles. The van der Waals surface area contributed by atoms with Gasteiger partial charge in [-0.25, -0.2) is 0 Å². The fourth-order valence-corrected chi connectivity index (χ4v) is 1.81. The van der Waals surface area contributed by atoms with Crippen molar-refractivity contribution in [2.24, 2.45) is 0 Å². The van der Waals surface area contributed by atoms with Crippen molar-refractivity contribution in [2.45, 2.75) is 32.7 Å². The van der Waals surface area contributed by atoms with E-state index in [0.29, 0.717) is 12.0 Å². The van der Waals surface area contributed by atoms with E-state index in [2.05, 4.69) is 10.6 Å². The molecule has 0 aliphatic rings. The van der Waals surface area contributed by atoms with Crippen LogP contribution in [0.25, 0.3) is 0 Å². The van der Waals surface area contributed by atoms with Gasteiger partial charge in [0.15, 0.2) is 0 Å². The molecule has 0 radical (unpaired) electrons. The molecule has 0 saturated heterocycles. The number of hydrogen-bond donors (Lipinski definition) is 3. The topological polar surface area (TPSA) is 78.4 Å². The molecule has 0 heterocycles. The number of carbonyl (C=O) groups is 2. The third kappa shape index (κ3) is 5.40. The Labute approximate surface area is 119 Å². The van der Waals surface area contributed by atoms with Crippen LogP contribution < -0.4 is 10.6 Å². The zero-order chi connectivity index (χ0) is 15.2. The molecule has 5 heteroatoms. The van der Waals surface area contributed by atoms with Gasteiger partial charge in [-0.15, -0.1) is 0 Å². The van der Waals surface area contributed by atoms with Gasteiger partial charge in [-0.1, -0.05) is 17.7 Å². The third-order valence-electron chi connectivity index (χ3n) is 2.90. The zero-order valence-electron chi connectivity index (χ0n) is 12.2. The van der Waals surface area contributed by atoms with E-state index in [1.165, 1.54) is 0 Å². The molecule has 0 spiro atoms. The average Bonchev–Trinajstić information content (AvgIpc) is 2.35. The molecular weight excluding hydrogens is 256 g/mol. The molecule has 20 heavy (non-hydrogen) atoms. The number of amides is 2. The van der Waals surface area contributed by atoms with Crippen molar-refractivity contribution in [3.05, 3.63) is 35.4 Å². The molecule has 1 aromatic rings. The van der Waals surface area contributed by atoms with Crippen molar-refractivity contribution < 1.29 is 14.7 Å². The third-order valence-corrected chi connectivity index (χ3v) is 2.90. The molecule has 0 bridgehead atoms. The molecule has 0 atom stereocenters. The molecule has 0 saturated carbocycles. The fourth-order valence-electron chi connectivity index (χ4n) is 1.81. The lowest BCUT2D eigenvalue weighted by Crippen LogP contribution is -2.48. The highest BCUT2D eigenvalue weighted by Gasteiger charge is 2.19. The van der Waals surface area contributed by atoms with E-state index < -0.39 is 5.54 Å². The van der Waals surface area contributed by atoms with Crippen LogP contribution in [0.15, 0.2) is 24.3 Å². The fraction of sp³-hybridized carbons (Fsp3) is 0.467. The maximum Gasteiger partial charge on any atom is 0.251 e. The predicted molar refractivity (Wildman–Crippen MR) is 77.4 cm³/mol. The van der Waals surface area contributed by atoms with E-state index in [1.54, 1.807) is 18.2 Å². The molecular formula is C15H22N2O3. The molecule has 3 N–H and O–H groups in total. The normalized spacial score (nSPS) is 11.0. The zero-order valence-corrected chi connectivity index (χ0v) is 12.2. The second kappa shape index (κ2) is 7.05. The lowest BCUT2D eigenvalue weighted by molar-refractivity contribution is -0.121. The van der Waals surface area contributed by atoms with Crippen LogP contribution in [0.1, 0.15) is 36.2 Å². The van der Waals surface area contributed by atoms with E-state index in [-0.39, 0.29) is 25.0 Å². The van der Waals surface area contributed by atoms with E-state index in [9.17, 15) is 9.59 Å². The summed E-state index contributed by atoms with van der Waals surface area (Å²) < 4.78 is 0. The number of rotatable bonds is 6. The molecule has 110 valence electrons. The van der Waals surface area contributed by atoms with Crippen molar-refractivity contribution in [3.63, 3.8) is 0 Å². The number of aryl methyl sites for hydroxylation is 1. The maximum atomic E-state index is 11.9. The summed E-state index contributed by atoms with van der Waals surface area (Å²) in [5.41, 5.74) is 1.04. The molecule has 1 rings (SSSR count). The van der Waals surface area contributed by atoms with Gasteiger partial charge in [0, 0.05) is 17.7 Å². The first kappa shape index (κ1) is 16.2. The molecule has 0 aliphatic carbocycles. The Kier molecular flexibility index (Phi) is 5.70. The highest BCUT2D eigenvalue weighted by atomic mass is 16.3. The quantitative estimate of drug-likeness (QED) is 0.726. The van der Waals surface area contributed by atoms with E-state index in [4.69, 9.17) is 5.11 Å². The van der Waals surface area contributed by atoms with Crippen molar-refractivity contribution >= 4 is 11.8 Å². The van der Waals surface area contributed by atoms with Crippen LogP contribution in [0.5, 0.6) is 0 Å². The molecule has 0 fully saturated rings. The van der Waals surface area contributed by atoms with Crippen LogP contribution in [0.2, 0.25) is 0 Å². The summed E-state index contributed by atoms with van der Waals surface area (Å²) in [7, 11) is 0. The van der Waals surface area contributed by atoms with Crippen LogP contribution >= 0.6 is 0 Å². The van der Waals surface area contributed by atoms with Crippen LogP contribution in [-0.2, 0) is 4.79 Å². The lowest BCUT2D eigenvalue weighted by atomic mass is 10.0. The van der Waals surface area contributed by atoms with E-state index in [1.807, 2.05) is 26.8 Å². The van der Waals surface area contributed by atoms with Crippen molar-refractivity contribution in [3.8, 4) is 0 Å². The Balaban J connectivity index is 2.47. The first-order chi connectivity index (χ1) is 9.34. The van der Waals surface area contributed by atoms with Gasteiger partial charge in [0.2, 0.25) is 5.91 Å². The van der Waals surface area contributed by atoms with Crippen molar-refractivity contribution in [2.75, 3.05) is 13.2 Å². The molecule has 5 nitrogen and oxygen atoms in total. The first-order valence-corrected chi connectivity index (χ1v) is 6.61. The largest absolute Gasteiger partial charge is 0.396 e. The maximum absolute atomic E-state index is 11.9. The molecule has 0 aliphatic heterocycles. The lowest BCUT2D eigenvalue weighted by Gasteiger charge is -2.25. The van der Waals surface area contributed by atoms with Gasteiger partial charge in [0.25, 0.3) is 5.91 Å². The van der Waals surface area contributed by atoms with Crippen LogP contribution in [0.4, 0.5) is 0 Å². The van der Waals surface area contributed by atoms with Gasteiger partial charge < -0.3 is 15.7 Å². The minimum atomic E-state index is -0.486. The van der Waals surface area contributed by atoms with Gasteiger partial charge in [-0.2, -0.15) is 0 Å². The first-order valence-electron chi connectivity index (χ1n) is 6.61. The predicted octanol–water partition coefficient (Wildman–Crippen LogP) is 1.00. The van der Waals surface area contributed by atoms with Crippen LogP contribution in [-0.4, -0.2) is 35.6 Å².